The number of hydrazone groups is 1. The van der Waals surface area contributed by atoms with Crippen LogP contribution in [0, 0.1) is 0 Å². The Morgan fingerprint density at radius 2 is 1.81 bits per heavy atom. The van der Waals surface area contributed by atoms with Gasteiger partial charge in [0.1, 0.15) is 17.2 Å². The van der Waals surface area contributed by atoms with E-state index in [1.807, 2.05) is 36.4 Å². The number of nitrogens with zero attached hydrogens (tertiary/aromatic N) is 1. The second-order valence-electron chi connectivity index (χ2n) is 5.73. The van der Waals surface area contributed by atoms with Gasteiger partial charge in [-0.05, 0) is 48.0 Å². The summed E-state index contributed by atoms with van der Waals surface area (Å²) in [5.74, 6) is 0.117. The fraction of sp³-hybridized carbons (Fsp3) is 0.100. The van der Waals surface area contributed by atoms with Crippen molar-refractivity contribution in [2.75, 3.05) is 6.61 Å². The van der Waals surface area contributed by atoms with E-state index in [2.05, 4.69) is 10.5 Å². The van der Waals surface area contributed by atoms with Gasteiger partial charge in [-0.2, -0.15) is 5.10 Å². The summed E-state index contributed by atoms with van der Waals surface area (Å²) in [5.41, 5.74) is 3.06. The number of aromatic hydroxyl groups is 2. The number of carbonyl (C=O) groups excluding carboxylic acids is 1. The van der Waals surface area contributed by atoms with Crippen LogP contribution in [0.2, 0.25) is 0 Å². The molecule has 0 saturated carbocycles. The van der Waals surface area contributed by atoms with Gasteiger partial charge in [-0.15, -0.1) is 0 Å². The Morgan fingerprint density at radius 1 is 1.04 bits per heavy atom. The molecule has 0 spiro atoms. The molecule has 0 aliphatic heterocycles. The maximum absolute atomic E-state index is 11.9. The summed E-state index contributed by atoms with van der Waals surface area (Å²) in [4.78, 5) is 11.9. The lowest BCUT2D eigenvalue weighted by molar-refractivity contribution is -0.123. The fourth-order valence-corrected chi connectivity index (χ4v) is 2.46. The zero-order valence-electron chi connectivity index (χ0n) is 14.1. The van der Waals surface area contributed by atoms with Crippen LogP contribution < -0.4 is 10.2 Å². The first-order valence-electron chi connectivity index (χ1n) is 8.00. The molecule has 0 aliphatic rings. The minimum atomic E-state index is -0.433. The van der Waals surface area contributed by atoms with Gasteiger partial charge < -0.3 is 14.9 Å². The minimum absolute atomic E-state index is 0.00156. The number of phenolic OH excluding ortho intramolecular Hbond substituents is 2. The van der Waals surface area contributed by atoms with Gasteiger partial charge in [-0.1, -0.05) is 30.3 Å². The van der Waals surface area contributed by atoms with E-state index in [4.69, 9.17) is 4.74 Å². The Morgan fingerprint density at radius 3 is 2.62 bits per heavy atom. The molecule has 6 nitrogen and oxygen atoms in total. The Kier molecular flexibility index (Phi) is 5.03. The lowest BCUT2D eigenvalue weighted by Crippen LogP contribution is -2.25. The number of hydrogen-bond acceptors (Lipinski definition) is 5. The normalized spacial score (nSPS) is 11.3. The van der Waals surface area contributed by atoms with Crippen LogP contribution in [0.1, 0.15) is 12.5 Å². The first-order chi connectivity index (χ1) is 12.5. The molecule has 6 heteroatoms. The maximum atomic E-state index is 11.9. The minimum Gasteiger partial charge on any atom is -0.508 e. The lowest BCUT2D eigenvalue weighted by Gasteiger charge is -2.08. The van der Waals surface area contributed by atoms with Crippen molar-refractivity contribution < 1.29 is 19.7 Å². The van der Waals surface area contributed by atoms with Crippen LogP contribution in [-0.2, 0) is 4.79 Å². The van der Waals surface area contributed by atoms with E-state index in [1.165, 1.54) is 18.2 Å². The van der Waals surface area contributed by atoms with Crippen molar-refractivity contribution in [1.82, 2.24) is 5.43 Å². The molecule has 0 saturated heterocycles. The summed E-state index contributed by atoms with van der Waals surface area (Å²) < 4.78 is 5.49. The quantitative estimate of drug-likeness (QED) is 0.374. The van der Waals surface area contributed by atoms with Crippen LogP contribution in [0.5, 0.6) is 17.2 Å². The first-order valence-corrected chi connectivity index (χ1v) is 8.00. The monoisotopic (exact) mass is 350 g/mol. The summed E-state index contributed by atoms with van der Waals surface area (Å²) in [6, 6.07) is 17.5. The van der Waals surface area contributed by atoms with Crippen molar-refractivity contribution in [2.24, 2.45) is 5.10 Å². The second kappa shape index (κ2) is 7.57. The summed E-state index contributed by atoms with van der Waals surface area (Å²) in [6.07, 6.45) is 0. The van der Waals surface area contributed by atoms with Crippen LogP contribution in [0.15, 0.2) is 65.8 Å². The molecule has 0 fully saturated rings. The van der Waals surface area contributed by atoms with Crippen molar-refractivity contribution in [1.29, 1.82) is 0 Å². The summed E-state index contributed by atoms with van der Waals surface area (Å²) in [5, 5.41) is 25.3. The number of amides is 1. The SMILES string of the molecule is C/C(=N\NC(=O)COc1ccc2ccccc2c1)c1cc(O)ccc1O. The first kappa shape index (κ1) is 17.3. The molecule has 3 aromatic rings. The van der Waals surface area contributed by atoms with E-state index in [9.17, 15) is 15.0 Å². The van der Waals surface area contributed by atoms with E-state index in [-0.39, 0.29) is 18.1 Å². The molecule has 0 atom stereocenters. The lowest BCUT2D eigenvalue weighted by atomic mass is 10.1. The van der Waals surface area contributed by atoms with E-state index in [1.54, 1.807) is 13.0 Å². The van der Waals surface area contributed by atoms with Gasteiger partial charge in [-0.3, -0.25) is 4.79 Å². The Balaban J connectivity index is 1.60. The van der Waals surface area contributed by atoms with Crippen molar-refractivity contribution in [3.05, 3.63) is 66.2 Å². The maximum Gasteiger partial charge on any atom is 0.277 e. The van der Waals surface area contributed by atoms with Crippen LogP contribution in [-0.4, -0.2) is 28.4 Å². The highest BCUT2D eigenvalue weighted by atomic mass is 16.5. The van der Waals surface area contributed by atoms with Crippen molar-refractivity contribution in [3.8, 4) is 17.2 Å². The van der Waals surface area contributed by atoms with Gasteiger partial charge in [-0.25, -0.2) is 5.43 Å². The third-order valence-electron chi connectivity index (χ3n) is 3.81. The number of phenols is 2. The zero-order chi connectivity index (χ0) is 18.5. The molecule has 0 aromatic heterocycles. The highest BCUT2D eigenvalue weighted by Crippen LogP contribution is 2.23. The summed E-state index contributed by atoms with van der Waals surface area (Å²) in [6.45, 7) is 1.42. The van der Waals surface area contributed by atoms with Crippen molar-refractivity contribution in [3.63, 3.8) is 0 Å². The number of fused-ring (bicyclic) bond motifs is 1. The zero-order valence-corrected chi connectivity index (χ0v) is 14.1. The van der Waals surface area contributed by atoms with Crippen LogP contribution in [0.25, 0.3) is 10.8 Å². The molecule has 3 aromatic carbocycles. The molecular weight excluding hydrogens is 332 g/mol. The predicted octanol–water partition coefficient (Wildman–Crippen LogP) is 3.17. The molecule has 0 bridgehead atoms. The number of hydrogen-bond donors (Lipinski definition) is 3. The fourth-order valence-electron chi connectivity index (χ4n) is 2.46. The van der Waals surface area contributed by atoms with Crippen molar-refractivity contribution >= 4 is 22.4 Å². The third kappa shape index (κ3) is 4.10. The molecule has 3 N–H and O–H groups in total. The Bertz CT molecular complexity index is 982. The van der Waals surface area contributed by atoms with Gasteiger partial charge in [0.2, 0.25) is 0 Å². The van der Waals surface area contributed by atoms with Gasteiger partial charge in [0.05, 0.1) is 5.71 Å². The smallest absolute Gasteiger partial charge is 0.277 e. The van der Waals surface area contributed by atoms with Crippen molar-refractivity contribution in [2.45, 2.75) is 6.92 Å². The number of rotatable bonds is 5. The number of ether oxygens (including phenoxy) is 1. The largest absolute Gasteiger partial charge is 0.508 e. The highest BCUT2D eigenvalue weighted by Gasteiger charge is 2.08. The predicted molar refractivity (Wildman–Crippen MR) is 99.6 cm³/mol. The molecule has 0 radical (unpaired) electrons. The van der Waals surface area contributed by atoms with E-state index < -0.39 is 5.91 Å². The van der Waals surface area contributed by atoms with E-state index in [0.717, 1.165) is 10.8 Å². The molecule has 1 amide bonds. The Labute approximate surface area is 150 Å². The standard InChI is InChI=1S/C20H18N2O4/c1-13(18-11-16(23)7-9-19(18)24)21-22-20(25)12-26-17-8-6-14-4-2-3-5-15(14)10-17/h2-11,23-24H,12H2,1H3,(H,22,25)/b21-13+. The third-order valence-corrected chi connectivity index (χ3v) is 3.81. The molecule has 0 unspecified atom stereocenters. The number of carbonyl (C=O) groups is 1. The average molecular weight is 350 g/mol. The topological polar surface area (TPSA) is 91.2 Å². The van der Waals surface area contributed by atoms with Crippen LogP contribution in [0.4, 0.5) is 0 Å². The van der Waals surface area contributed by atoms with E-state index in [0.29, 0.717) is 17.0 Å². The van der Waals surface area contributed by atoms with E-state index >= 15 is 0 Å². The second-order valence-corrected chi connectivity index (χ2v) is 5.73. The molecule has 3 rings (SSSR count). The van der Waals surface area contributed by atoms with Crippen LogP contribution >= 0.6 is 0 Å². The molecule has 132 valence electrons. The molecule has 26 heavy (non-hydrogen) atoms. The van der Waals surface area contributed by atoms with Gasteiger partial charge in [0.25, 0.3) is 5.91 Å². The molecule has 0 aliphatic carbocycles. The molecule has 0 heterocycles. The van der Waals surface area contributed by atoms with Crippen LogP contribution in [0.3, 0.4) is 0 Å². The number of benzene rings is 3. The highest BCUT2D eigenvalue weighted by molar-refractivity contribution is 6.01. The van der Waals surface area contributed by atoms with Gasteiger partial charge >= 0.3 is 0 Å². The average Bonchev–Trinajstić information content (AvgIpc) is 2.66. The summed E-state index contributed by atoms with van der Waals surface area (Å²) in [7, 11) is 0. The number of nitrogens with one attached hydrogen (secondary N) is 1. The van der Waals surface area contributed by atoms with Gasteiger partial charge in [0, 0.05) is 5.56 Å². The Hall–Kier alpha value is -3.54. The molecular formula is C20H18N2O4. The summed E-state index contributed by atoms with van der Waals surface area (Å²) >= 11 is 0. The van der Waals surface area contributed by atoms with Gasteiger partial charge in [0.15, 0.2) is 6.61 Å².